The molecular weight excluding hydrogens is 304 g/mol. The minimum absolute atomic E-state index is 0.00738. The zero-order chi connectivity index (χ0) is 15.7. The van der Waals surface area contributed by atoms with Gasteiger partial charge in [0.25, 0.3) is 5.69 Å². The molecule has 0 atom stereocenters. The zero-order valence-electron chi connectivity index (χ0n) is 11.9. The Morgan fingerprint density at radius 3 is 2.55 bits per heavy atom. The van der Waals surface area contributed by atoms with Crippen LogP contribution in [0.5, 0.6) is 5.75 Å². The van der Waals surface area contributed by atoms with Gasteiger partial charge in [0, 0.05) is 28.5 Å². The Morgan fingerprint density at radius 1 is 1.23 bits per heavy atom. The molecule has 0 aliphatic carbocycles. The molecule has 0 bridgehead atoms. The highest BCUT2D eigenvalue weighted by Gasteiger charge is 2.25. The molecule has 6 nitrogen and oxygen atoms in total. The number of hydrogen-bond donors (Lipinski definition) is 1. The Bertz CT molecular complexity index is 735. The van der Waals surface area contributed by atoms with Crippen LogP contribution in [0.25, 0.3) is 0 Å². The predicted octanol–water partition coefficient (Wildman–Crippen LogP) is 3.20. The van der Waals surface area contributed by atoms with Crippen molar-refractivity contribution in [3.05, 3.63) is 46.5 Å². The Kier molecular flexibility index (Phi) is 3.91. The second-order valence-corrected chi connectivity index (χ2v) is 5.80. The Labute approximate surface area is 131 Å². The number of nitro groups is 1. The quantitative estimate of drug-likeness (QED) is 0.689. The third kappa shape index (κ3) is 2.49. The first-order chi connectivity index (χ1) is 10.6. The fraction of sp³-hybridized carbons (Fsp3) is 0.200. The van der Waals surface area contributed by atoms with Crippen molar-refractivity contribution in [2.45, 2.75) is 9.79 Å². The first-order valence-corrected chi connectivity index (χ1v) is 7.48. The molecule has 0 saturated carbocycles. The van der Waals surface area contributed by atoms with Gasteiger partial charge in [0.2, 0.25) is 0 Å². The van der Waals surface area contributed by atoms with Crippen molar-refractivity contribution in [3.8, 4) is 5.75 Å². The highest BCUT2D eigenvalue weighted by atomic mass is 32.2. The van der Waals surface area contributed by atoms with Gasteiger partial charge in [-0.2, -0.15) is 0 Å². The lowest BCUT2D eigenvalue weighted by Gasteiger charge is -2.32. The number of anilines is 2. The summed E-state index contributed by atoms with van der Waals surface area (Å²) in [5, 5.41) is 20.3. The smallest absolute Gasteiger partial charge is 0.270 e. The van der Waals surface area contributed by atoms with Crippen molar-refractivity contribution in [2.24, 2.45) is 0 Å². The van der Waals surface area contributed by atoms with Crippen LogP contribution in [-0.4, -0.2) is 30.3 Å². The summed E-state index contributed by atoms with van der Waals surface area (Å²) in [5.41, 5.74) is 1.88. The molecule has 0 saturated heterocycles. The molecule has 0 radical (unpaired) electrons. The average molecular weight is 318 g/mol. The number of rotatable bonds is 4. The SMILES string of the molecule is COc1ccc2c(c1)Sc1cc([N+](=O)[O-])ccc1N2CCO. The van der Waals surface area contributed by atoms with Crippen LogP contribution < -0.4 is 9.64 Å². The molecule has 0 fully saturated rings. The number of fused-ring (bicyclic) bond motifs is 2. The van der Waals surface area contributed by atoms with E-state index in [2.05, 4.69) is 0 Å². The van der Waals surface area contributed by atoms with Gasteiger partial charge in [-0.05, 0) is 24.3 Å². The molecule has 1 heterocycles. The van der Waals surface area contributed by atoms with E-state index in [1.165, 1.54) is 17.8 Å². The van der Waals surface area contributed by atoms with Crippen LogP contribution in [0, 0.1) is 10.1 Å². The van der Waals surface area contributed by atoms with Crippen molar-refractivity contribution in [2.75, 3.05) is 25.2 Å². The molecule has 1 aliphatic rings. The van der Waals surface area contributed by atoms with Crippen molar-refractivity contribution in [3.63, 3.8) is 0 Å². The van der Waals surface area contributed by atoms with Gasteiger partial charge >= 0.3 is 0 Å². The van der Waals surface area contributed by atoms with Gasteiger partial charge < -0.3 is 14.7 Å². The molecule has 3 rings (SSSR count). The van der Waals surface area contributed by atoms with Crippen molar-refractivity contribution in [1.82, 2.24) is 0 Å². The Hall–Kier alpha value is -2.25. The van der Waals surface area contributed by atoms with Gasteiger partial charge in [-0.1, -0.05) is 11.8 Å². The molecule has 22 heavy (non-hydrogen) atoms. The maximum atomic E-state index is 11.0. The van der Waals surface area contributed by atoms with Crippen molar-refractivity contribution in [1.29, 1.82) is 0 Å². The van der Waals surface area contributed by atoms with E-state index in [4.69, 9.17) is 4.74 Å². The average Bonchev–Trinajstić information content (AvgIpc) is 2.53. The largest absolute Gasteiger partial charge is 0.497 e. The van der Waals surface area contributed by atoms with E-state index in [-0.39, 0.29) is 12.3 Å². The van der Waals surface area contributed by atoms with Crippen LogP contribution in [-0.2, 0) is 0 Å². The van der Waals surface area contributed by atoms with Gasteiger partial charge in [-0.15, -0.1) is 0 Å². The van der Waals surface area contributed by atoms with Gasteiger partial charge in [0.15, 0.2) is 0 Å². The number of hydrogen-bond acceptors (Lipinski definition) is 6. The molecular formula is C15H14N2O4S. The number of non-ortho nitro benzene ring substituents is 1. The predicted molar refractivity (Wildman–Crippen MR) is 84.3 cm³/mol. The minimum atomic E-state index is -0.404. The number of ether oxygens (including phenoxy) is 1. The van der Waals surface area contributed by atoms with Crippen molar-refractivity contribution < 1.29 is 14.8 Å². The third-order valence-electron chi connectivity index (χ3n) is 3.45. The summed E-state index contributed by atoms with van der Waals surface area (Å²) in [6, 6.07) is 10.5. The van der Waals surface area contributed by atoms with E-state index in [0.717, 1.165) is 26.9 Å². The first-order valence-electron chi connectivity index (χ1n) is 6.67. The van der Waals surface area contributed by atoms with Gasteiger partial charge in [0.05, 0.1) is 30.0 Å². The lowest BCUT2D eigenvalue weighted by molar-refractivity contribution is -0.385. The van der Waals surface area contributed by atoms with E-state index < -0.39 is 4.92 Å². The highest BCUT2D eigenvalue weighted by molar-refractivity contribution is 7.99. The van der Waals surface area contributed by atoms with Crippen LogP contribution in [0.4, 0.5) is 17.1 Å². The molecule has 0 spiro atoms. The monoisotopic (exact) mass is 318 g/mol. The van der Waals surface area contributed by atoms with E-state index in [1.54, 1.807) is 19.2 Å². The van der Waals surface area contributed by atoms with Crippen LogP contribution >= 0.6 is 11.8 Å². The normalized spacial score (nSPS) is 12.5. The summed E-state index contributed by atoms with van der Waals surface area (Å²) in [4.78, 5) is 14.3. The number of aliphatic hydroxyl groups is 1. The lowest BCUT2D eigenvalue weighted by Crippen LogP contribution is -2.24. The maximum Gasteiger partial charge on any atom is 0.270 e. The molecule has 7 heteroatoms. The molecule has 1 N–H and O–H groups in total. The standard InChI is InChI=1S/C15H14N2O4S/c1-21-11-3-5-13-15(9-11)22-14-8-10(17(19)20)2-4-12(14)16(13)6-7-18/h2-5,8-9,18H,6-7H2,1H3. The summed E-state index contributed by atoms with van der Waals surface area (Å²) in [6.45, 7) is 0.414. The number of nitrogens with zero attached hydrogens (tertiary/aromatic N) is 2. The maximum absolute atomic E-state index is 11.0. The second kappa shape index (κ2) is 5.86. The number of β-amino-alcohol motifs (C(OH)–C–C–N with tert-alkyl or cyclic N) is 1. The number of benzene rings is 2. The number of methoxy groups -OCH3 is 1. The zero-order valence-corrected chi connectivity index (χ0v) is 12.7. The topological polar surface area (TPSA) is 75.8 Å². The summed E-state index contributed by atoms with van der Waals surface area (Å²) in [6.07, 6.45) is 0. The summed E-state index contributed by atoms with van der Waals surface area (Å²) in [5.74, 6) is 0.726. The summed E-state index contributed by atoms with van der Waals surface area (Å²) >= 11 is 1.47. The van der Waals surface area contributed by atoms with Crippen molar-refractivity contribution >= 4 is 28.8 Å². The van der Waals surface area contributed by atoms with Crippen LogP contribution in [0.2, 0.25) is 0 Å². The van der Waals surface area contributed by atoms with Gasteiger partial charge in [-0.25, -0.2) is 0 Å². The number of nitro benzene ring substituents is 1. The van der Waals surface area contributed by atoms with Crippen LogP contribution in [0.15, 0.2) is 46.2 Å². The lowest BCUT2D eigenvalue weighted by atomic mass is 10.2. The van der Waals surface area contributed by atoms with Crippen LogP contribution in [0.3, 0.4) is 0 Å². The fourth-order valence-electron chi connectivity index (χ4n) is 2.44. The van der Waals surface area contributed by atoms with E-state index in [1.807, 2.05) is 23.1 Å². The minimum Gasteiger partial charge on any atom is -0.497 e. The third-order valence-corrected chi connectivity index (χ3v) is 4.54. The van der Waals surface area contributed by atoms with E-state index in [0.29, 0.717) is 6.54 Å². The molecule has 0 amide bonds. The second-order valence-electron chi connectivity index (χ2n) is 4.72. The highest BCUT2D eigenvalue weighted by Crippen LogP contribution is 2.49. The fourth-order valence-corrected chi connectivity index (χ4v) is 3.59. The summed E-state index contributed by atoms with van der Waals surface area (Å²) in [7, 11) is 1.60. The van der Waals surface area contributed by atoms with Gasteiger partial charge in [-0.3, -0.25) is 10.1 Å². The molecule has 0 aromatic heterocycles. The molecule has 114 valence electrons. The number of aliphatic hydroxyl groups excluding tert-OH is 1. The van der Waals surface area contributed by atoms with Gasteiger partial charge in [0.1, 0.15) is 5.75 Å². The molecule has 2 aromatic rings. The van der Waals surface area contributed by atoms with Crippen LogP contribution in [0.1, 0.15) is 0 Å². The molecule has 1 aliphatic heterocycles. The molecule has 2 aromatic carbocycles. The Balaban J connectivity index is 2.11. The first kappa shape index (κ1) is 14.7. The molecule has 0 unspecified atom stereocenters. The summed E-state index contributed by atoms with van der Waals surface area (Å²) < 4.78 is 5.24. The Morgan fingerprint density at radius 2 is 1.91 bits per heavy atom. The van der Waals surface area contributed by atoms with E-state index >= 15 is 0 Å². The van der Waals surface area contributed by atoms with E-state index in [9.17, 15) is 15.2 Å².